The Balaban J connectivity index is 1.75. The van der Waals surface area contributed by atoms with Gasteiger partial charge >= 0.3 is 0 Å². The number of benzene rings is 3. The molecule has 0 saturated carbocycles. The van der Waals surface area contributed by atoms with Crippen molar-refractivity contribution in [2.75, 3.05) is 12.5 Å². The first-order valence-corrected chi connectivity index (χ1v) is 9.25. The topological polar surface area (TPSA) is 73.2 Å². The van der Waals surface area contributed by atoms with E-state index in [1.807, 2.05) is 0 Å². The number of carbonyl (C=O) groups is 1. The van der Waals surface area contributed by atoms with Crippen LogP contribution >= 0.6 is 0 Å². The number of hydrogen-bond donors (Lipinski definition) is 1. The Bertz CT molecular complexity index is 1280. The van der Waals surface area contributed by atoms with Crippen molar-refractivity contribution in [3.05, 3.63) is 94.5 Å². The minimum atomic E-state index is -0.418. The van der Waals surface area contributed by atoms with Crippen LogP contribution in [0.3, 0.4) is 0 Å². The third-order valence-electron chi connectivity index (χ3n) is 4.61. The molecule has 4 aromatic rings. The summed E-state index contributed by atoms with van der Waals surface area (Å²) in [5.41, 5.74) is 3.94. The van der Waals surface area contributed by atoms with Gasteiger partial charge in [-0.1, -0.05) is 24.3 Å². The third-order valence-corrected chi connectivity index (χ3v) is 4.61. The van der Waals surface area contributed by atoms with Crippen LogP contribution in [0.5, 0.6) is 5.75 Å². The quantitative estimate of drug-likeness (QED) is 0.553. The number of hydrogen-bond acceptors (Lipinski definition) is 4. The molecule has 1 N–H and O–H groups in total. The molecule has 7 heteroatoms. The molecule has 0 aliphatic carbocycles. The van der Waals surface area contributed by atoms with Crippen LogP contribution in [0, 0.1) is 5.82 Å². The molecule has 3 aromatic carbocycles. The van der Waals surface area contributed by atoms with Crippen LogP contribution in [0.2, 0.25) is 0 Å². The fraction of sp³-hybridized carbons (Fsp3) is 0.0870. The maximum absolute atomic E-state index is 13.4. The van der Waals surface area contributed by atoms with E-state index < -0.39 is 17.3 Å². The van der Waals surface area contributed by atoms with Crippen LogP contribution < -0.4 is 15.7 Å². The van der Waals surface area contributed by atoms with Gasteiger partial charge in [-0.2, -0.15) is 4.68 Å². The number of ether oxygens (including phenoxy) is 1. The SMILES string of the molecule is COc1cccc(CC(=O)Nn2c(-c3ccc(F)cc3)nc3ccccc3c2=O)c1. The molecule has 0 spiro atoms. The molecular weight excluding hydrogens is 385 g/mol. The van der Waals surface area contributed by atoms with E-state index in [9.17, 15) is 14.0 Å². The number of carbonyl (C=O) groups excluding carboxylic acids is 1. The molecule has 0 aliphatic rings. The first-order chi connectivity index (χ1) is 14.5. The number of para-hydroxylation sites is 1. The van der Waals surface area contributed by atoms with Crippen LogP contribution in [0.15, 0.2) is 77.6 Å². The normalized spacial score (nSPS) is 10.7. The molecule has 150 valence electrons. The van der Waals surface area contributed by atoms with E-state index in [2.05, 4.69) is 10.4 Å². The summed E-state index contributed by atoms with van der Waals surface area (Å²) in [6.07, 6.45) is 0.0410. The van der Waals surface area contributed by atoms with Gasteiger partial charge in [0.1, 0.15) is 11.6 Å². The van der Waals surface area contributed by atoms with E-state index in [-0.39, 0.29) is 12.2 Å². The van der Waals surface area contributed by atoms with Gasteiger partial charge in [0.2, 0.25) is 5.91 Å². The monoisotopic (exact) mass is 403 g/mol. The number of rotatable bonds is 5. The second kappa shape index (κ2) is 8.16. The maximum atomic E-state index is 13.4. The molecule has 6 nitrogen and oxygen atoms in total. The molecule has 1 aromatic heterocycles. The molecule has 0 radical (unpaired) electrons. The van der Waals surface area contributed by atoms with Crippen molar-refractivity contribution in [1.29, 1.82) is 0 Å². The summed E-state index contributed by atoms with van der Waals surface area (Å²) in [6, 6.07) is 19.6. The largest absolute Gasteiger partial charge is 0.497 e. The standard InChI is InChI=1S/C23H18FN3O3/c1-30-18-6-4-5-15(13-18)14-21(28)26-27-22(16-9-11-17(24)12-10-16)25-20-8-3-2-7-19(20)23(27)29/h2-13H,14H2,1H3,(H,26,28). The van der Waals surface area contributed by atoms with E-state index in [0.29, 0.717) is 22.2 Å². The molecule has 0 atom stereocenters. The lowest BCUT2D eigenvalue weighted by Gasteiger charge is -2.15. The van der Waals surface area contributed by atoms with E-state index >= 15 is 0 Å². The highest BCUT2D eigenvalue weighted by atomic mass is 19.1. The summed E-state index contributed by atoms with van der Waals surface area (Å²) in [5.74, 6) is 0.0517. The molecule has 30 heavy (non-hydrogen) atoms. The maximum Gasteiger partial charge on any atom is 0.280 e. The van der Waals surface area contributed by atoms with Crippen LogP contribution in [0.4, 0.5) is 4.39 Å². The zero-order valence-corrected chi connectivity index (χ0v) is 16.1. The smallest absolute Gasteiger partial charge is 0.280 e. The van der Waals surface area contributed by atoms with Gasteiger partial charge in [0.25, 0.3) is 5.56 Å². The Labute approximate surface area is 171 Å². The minimum absolute atomic E-state index is 0.0410. The van der Waals surface area contributed by atoms with Crippen LogP contribution in [0.25, 0.3) is 22.3 Å². The van der Waals surface area contributed by atoms with Gasteiger partial charge in [0.15, 0.2) is 5.82 Å². The van der Waals surface area contributed by atoms with Crippen molar-refractivity contribution in [1.82, 2.24) is 9.66 Å². The number of nitrogens with zero attached hydrogens (tertiary/aromatic N) is 2. The number of aromatic nitrogens is 2. The van der Waals surface area contributed by atoms with E-state index in [4.69, 9.17) is 4.74 Å². The van der Waals surface area contributed by atoms with E-state index in [1.54, 1.807) is 55.6 Å². The van der Waals surface area contributed by atoms with Gasteiger partial charge < -0.3 is 4.74 Å². The highest BCUT2D eigenvalue weighted by Crippen LogP contribution is 2.19. The second-order valence-electron chi connectivity index (χ2n) is 6.66. The van der Waals surface area contributed by atoms with Crippen LogP contribution in [0.1, 0.15) is 5.56 Å². The van der Waals surface area contributed by atoms with Crippen molar-refractivity contribution < 1.29 is 13.9 Å². The Morgan fingerprint density at radius 3 is 2.60 bits per heavy atom. The Morgan fingerprint density at radius 1 is 1.07 bits per heavy atom. The summed E-state index contributed by atoms with van der Waals surface area (Å²) in [7, 11) is 1.55. The molecule has 1 heterocycles. The van der Waals surface area contributed by atoms with Crippen molar-refractivity contribution in [2.24, 2.45) is 0 Å². The lowest BCUT2D eigenvalue weighted by Crippen LogP contribution is -2.35. The van der Waals surface area contributed by atoms with E-state index in [1.165, 1.54) is 24.3 Å². The average molecular weight is 403 g/mol. The highest BCUT2D eigenvalue weighted by molar-refractivity contribution is 5.87. The summed E-state index contributed by atoms with van der Waals surface area (Å²) < 4.78 is 19.7. The summed E-state index contributed by atoms with van der Waals surface area (Å²) >= 11 is 0. The van der Waals surface area contributed by atoms with Crippen molar-refractivity contribution >= 4 is 16.8 Å². The summed E-state index contributed by atoms with van der Waals surface area (Å²) in [6.45, 7) is 0. The van der Waals surface area contributed by atoms with Gasteiger partial charge in [-0.15, -0.1) is 0 Å². The van der Waals surface area contributed by atoms with Gasteiger partial charge in [-0.3, -0.25) is 15.0 Å². The first kappa shape index (κ1) is 19.3. The second-order valence-corrected chi connectivity index (χ2v) is 6.66. The van der Waals surface area contributed by atoms with Gasteiger partial charge in [-0.25, -0.2) is 9.37 Å². The van der Waals surface area contributed by atoms with Crippen molar-refractivity contribution in [3.8, 4) is 17.1 Å². The Hall–Kier alpha value is -4.00. The number of halogens is 1. The molecule has 4 rings (SSSR count). The summed E-state index contributed by atoms with van der Waals surface area (Å²) in [4.78, 5) is 30.3. The van der Waals surface area contributed by atoms with E-state index in [0.717, 1.165) is 10.2 Å². The lowest BCUT2D eigenvalue weighted by molar-refractivity contribution is -0.116. The predicted octanol–water partition coefficient (Wildman–Crippen LogP) is 3.52. The van der Waals surface area contributed by atoms with Crippen LogP contribution in [-0.2, 0) is 11.2 Å². The van der Waals surface area contributed by atoms with Gasteiger partial charge in [0.05, 0.1) is 24.4 Å². The predicted molar refractivity (Wildman–Crippen MR) is 112 cm³/mol. The number of nitrogens with one attached hydrogen (secondary N) is 1. The van der Waals surface area contributed by atoms with Gasteiger partial charge in [0, 0.05) is 5.56 Å². The highest BCUT2D eigenvalue weighted by Gasteiger charge is 2.15. The zero-order chi connectivity index (χ0) is 21.1. The third kappa shape index (κ3) is 3.91. The molecule has 0 aliphatic heterocycles. The fourth-order valence-electron chi connectivity index (χ4n) is 3.16. The Morgan fingerprint density at radius 2 is 1.83 bits per heavy atom. The number of amides is 1. The number of methoxy groups -OCH3 is 1. The zero-order valence-electron chi connectivity index (χ0n) is 16.1. The van der Waals surface area contributed by atoms with Crippen molar-refractivity contribution in [2.45, 2.75) is 6.42 Å². The molecular formula is C23H18FN3O3. The first-order valence-electron chi connectivity index (χ1n) is 9.25. The van der Waals surface area contributed by atoms with Gasteiger partial charge in [-0.05, 0) is 54.1 Å². The average Bonchev–Trinajstić information content (AvgIpc) is 2.76. The summed E-state index contributed by atoms with van der Waals surface area (Å²) in [5, 5.41) is 0.366. The molecule has 0 bridgehead atoms. The molecule has 0 fully saturated rings. The van der Waals surface area contributed by atoms with Crippen molar-refractivity contribution in [3.63, 3.8) is 0 Å². The fourth-order valence-corrected chi connectivity index (χ4v) is 3.16. The minimum Gasteiger partial charge on any atom is -0.497 e. The van der Waals surface area contributed by atoms with Crippen LogP contribution in [-0.4, -0.2) is 22.7 Å². The number of fused-ring (bicyclic) bond motifs is 1. The molecule has 0 unspecified atom stereocenters. The molecule has 1 amide bonds. The Kier molecular flexibility index (Phi) is 5.26. The lowest BCUT2D eigenvalue weighted by atomic mass is 10.1. The molecule has 0 saturated heterocycles.